The topological polar surface area (TPSA) is 75.6 Å². The van der Waals surface area contributed by atoms with E-state index >= 15 is 0 Å². The molecule has 0 spiro atoms. The number of anilines is 3. The molecule has 0 amide bonds. The minimum absolute atomic E-state index is 0.0318. The summed E-state index contributed by atoms with van der Waals surface area (Å²) in [4.78, 5) is 18.1. The van der Waals surface area contributed by atoms with Gasteiger partial charge in [0.2, 0.25) is 5.95 Å². The quantitative estimate of drug-likeness (QED) is 0.322. The summed E-state index contributed by atoms with van der Waals surface area (Å²) in [5.41, 5.74) is 4.18. The Morgan fingerprint density at radius 3 is 2.72 bits per heavy atom. The minimum atomic E-state index is -0.478. The van der Waals surface area contributed by atoms with Crippen molar-refractivity contribution in [3.05, 3.63) is 89.1 Å². The second-order valence-electron chi connectivity index (χ2n) is 7.41. The predicted molar refractivity (Wildman–Crippen MR) is 126 cm³/mol. The molecule has 6 nitrogen and oxygen atoms in total. The van der Waals surface area contributed by atoms with Crippen LogP contribution in [0.3, 0.4) is 0 Å². The molecule has 2 aromatic carbocycles. The first kappa shape index (κ1) is 20.1. The van der Waals surface area contributed by atoms with Gasteiger partial charge < -0.3 is 10.6 Å². The zero-order valence-electron chi connectivity index (χ0n) is 17.1. The van der Waals surface area contributed by atoms with Gasteiger partial charge in [0.25, 0.3) is 0 Å². The standard InChI is InChI=1S/C24H18ClFN6/c1-14-4-6-17-18-13-29-24(28-12-15-3-2-8-27-11-15)32-22(18)23(31-21(17)9-14)30-16-5-7-20(26)19(25)10-16/h2-11,13H,12H2,1H3,(H,30,31)(H,28,29,32). The number of aryl methyl sites for hydroxylation is 1. The van der Waals surface area contributed by atoms with E-state index in [1.165, 1.54) is 12.1 Å². The maximum atomic E-state index is 13.6. The van der Waals surface area contributed by atoms with E-state index in [4.69, 9.17) is 21.6 Å². The van der Waals surface area contributed by atoms with Crippen LogP contribution in [0.4, 0.5) is 21.8 Å². The van der Waals surface area contributed by atoms with Crippen molar-refractivity contribution < 1.29 is 4.39 Å². The number of hydrogen-bond acceptors (Lipinski definition) is 6. The molecular weight excluding hydrogens is 427 g/mol. The van der Waals surface area contributed by atoms with Crippen LogP contribution in [0.1, 0.15) is 11.1 Å². The molecule has 158 valence electrons. The van der Waals surface area contributed by atoms with Gasteiger partial charge in [-0.3, -0.25) is 4.98 Å². The van der Waals surface area contributed by atoms with Crippen LogP contribution in [0, 0.1) is 12.7 Å². The molecule has 0 aliphatic carbocycles. The van der Waals surface area contributed by atoms with Crippen LogP contribution in [0.25, 0.3) is 21.8 Å². The van der Waals surface area contributed by atoms with Gasteiger partial charge in [-0.1, -0.05) is 29.8 Å². The van der Waals surface area contributed by atoms with E-state index in [0.717, 1.165) is 27.4 Å². The van der Waals surface area contributed by atoms with Crippen molar-refractivity contribution >= 4 is 50.9 Å². The maximum Gasteiger partial charge on any atom is 0.223 e. The summed E-state index contributed by atoms with van der Waals surface area (Å²) >= 11 is 5.96. The summed E-state index contributed by atoms with van der Waals surface area (Å²) in [5.74, 6) is 0.524. The second-order valence-corrected chi connectivity index (χ2v) is 7.81. The van der Waals surface area contributed by atoms with Gasteiger partial charge in [0.15, 0.2) is 5.82 Å². The number of hydrogen-bond donors (Lipinski definition) is 2. The van der Waals surface area contributed by atoms with Gasteiger partial charge in [-0.25, -0.2) is 19.3 Å². The molecule has 3 heterocycles. The third-order valence-corrected chi connectivity index (χ3v) is 5.33. The van der Waals surface area contributed by atoms with Crippen molar-refractivity contribution in [2.75, 3.05) is 10.6 Å². The Bertz CT molecular complexity index is 1440. The predicted octanol–water partition coefficient (Wildman–Crippen LogP) is 6.03. The Morgan fingerprint density at radius 2 is 1.91 bits per heavy atom. The molecule has 0 radical (unpaired) electrons. The molecule has 0 bridgehead atoms. The monoisotopic (exact) mass is 444 g/mol. The fraction of sp³-hybridized carbons (Fsp3) is 0.0833. The highest BCUT2D eigenvalue weighted by atomic mass is 35.5. The first-order chi connectivity index (χ1) is 15.6. The van der Waals surface area contributed by atoms with Gasteiger partial charge in [-0.05, 0) is 48.4 Å². The number of nitrogens with one attached hydrogen (secondary N) is 2. The number of rotatable bonds is 5. The first-order valence-electron chi connectivity index (χ1n) is 9.99. The molecular formula is C24H18ClFN6. The highest BCUT2D eigenvalue weighted by molar-refractivity contribution is 6.31. The fourth-order valence-electron chi connectivity index (χ4n) is 3.46. The molecule has 0 saturated carbocycles. The largest absolute Gasteiger partial charge is 0.350 e. The molecule has 0 atom stereocenters. The zero-order chi connectivity index (χ0) is 22.1. The molecule has 0 unspecified atom stereocenters. The molecule has 5 rings (SSSR count). The molecule has 32 heavy (non-hydrogen) atoms. The van der Waals surface area contributed by atoms with Gasteiger partial charge >= 0.3 is 0 Å². The summed E-state index contributed by atoms with van der Waals surface area (Å²) < 4.78 is 13.6. The van der Waals surface area contributed by atoms with E-state index in [1.807, 2.05) is 37.3 Å². The summed E-state index contributed by atoms with van der Waals surface area (Å²) in [6, 6.07) is 14.4. The van der Waals surface area contributed by atoms with Crippen LogP contribution in [-0.2, 0) is 6.54 Å². The highest BCUT2D eigenvalue weighted by Crippen LogP contribution is 2.31. The number of fused-ring (bicyclic) bond motifs is 3. The molecule has 5 aromatic rings. The molecule has 0 saturated heterocycles. The Morgan fingerprint density at radius 1 is 1.00 bits per heavy atom. The summed E-state index contributed by atoms with van der Waals surface area (Å²) in [6.07, 6.45) is 5.31. The lowest BCUT2D eigenvalue weighted by molar-refractivity contribution is 0.628. The Balaban J connectivity index is 1.60. The molecule has 0 aliphatic heterocycles. The first-order valence-corrected chi connectivity index (χ1v) is 10.4. The van der Waals surface area contributed by atoms with Gasteiger partial charge in [0.1, 0.15) is 11.3 Å². The fourth-order valence-corrected chi connectivity index (χ4v) is 3.64. The van der Waals surface area contributed by atoms with Crippen LogP contribution < -0.4 is 10.6 Å². The van der Waals surface area contributed by atoms with Crippen molar-refractivity contribution in [2.24, 2.45) is 0 Å². The third-order valence-electron chi connectivity index (χ3n) is 5.04. The van der Waals surface area contributed by atoms with Crippen molar-refractivity contribution in [1.82, 2.24) is 19.9 Å². The average Bonchev–Trinajstić information content (AvgIpc) is 2.80. The van der Waals surface area contributed by atoms with E-state index in [0.29, 0.717) is 29.5 Å². The van der Waals surface area contributed by atoms with Crippen molar-refractivity contribution in [1.29, 1.82) is 0 Å². The van der Waals surface area contributed by atoms with Gasteiger partial charge in [-0.15, -0.1) is 0 Å². The molecule has 8 heteroatoms. The van der Waals surface area contributed by atoms with E-state index in [9.17, 15) is 4.39 Å². The number of benzene rings is 2. The Kier molecular flexibility index (Phi) is 5.25. The minimum Gasteiger partial charge on any atom is -0.350 e. The van der Waals surface area contributed by atoms with Crippen LogP contribution in [0.5, 0.6) is 0 Å². The molecule has 3 aromatic heterocycles. The van der Waals surface area contributed by atoms with Gasteiger partial charge in [-0.2, -0.15) is 0 Å². The zero-order valence-corrected chi connectivity index (χ0v) is 17.9. The van der Waals surface area contributed by atoms with Gasteiger partial charge in [0, 0.05) is 41.6 Å². The SMILES string of the molecule is Cc1ccc2c(c1)nc(Nc1ccc(F)c(Cl)c1)c1nc(NCc3cccnc3)ncc12. The lowest BCUT2D eigenvalue weighted by atomic mass is 10.1. The van der Waals surface area contributed by atoms with Crippen LogP contribution in [0.2, 0.25) is 5.02 Å². The molecule has 0 fully saturated rings. The highest BCUT2D eigenvalue weighted by Gasteiger charge is 2.13. The number of aromatic nitrogens is 4. The van der Waals surface area contributed by atoms with Crippen LogP contribution >= 0.6 is 11.6 Å². The maximum absolute atomic E-state index is 13.6. The van der Waals surface area contributed by atoms with E-state index in [-0.39, 0.29) is 5.02 Å². The van der Waals surface area contributed by atoms with Gasteiger partial charge in [0.05, 0.1) is 10.5 Å². The lowest BCUT2D eigenvalue weighted by Crippen LogP contribution is -2.05. The van der Waals surface area contributed by atoms with Crippen molar-refractivity contribution in [3.8, 4) is 0 Å². The number of halogens is 2. The van der Waals surface area contributed by atoms with E-state index in [1.54, 1.807) is 24.7 Å². The Labute approximate surface area is 188 Å². The Hall–Kier alpha value is -3.84. The van der Waals surface area contributed by atoms with Crippen molar-refractivity contribution in [3.63, 3.8) is 0 Å². The number of pyridine rings is 2. The summed E-state index contributed by atoms with van der Waals surface area (Å²) in [7, 11) is 0. The summed E-state index contributed by atoms with van der Waals surface area (Å²) in [5, 5.41) is 8.31. The lowest BCUT2D eigenvalue weighted by Gasteiger charge is -2.13. The smallest absolute Gasteiger partial charge is 0.223 e. The average molecular weight is 445 g/mol. The van der Waals surface area contributed by atoms with E-state index < -0.39 is 5.82 Å². The second kappa shape index (κ2) is 8.36. The normalized spacial score (nSPS) is 11.1. The third kappa shape index (κ3) is 4.02. The molecule has 0 aliphatic rings. The van der Waals surface area contributed by atoms with E-state index in [2.05, 4.69) is 20.6 Å². The number of nitrogens with zero attached hydrogens (tertiary/aromatic N) is 4. The van der Waals surface area contributed by atoms with Crippen LogP contribution in [-0.4, -0.2) is 19.9 Å². The molecule has 2 N–H and O–H groups in total. The van der Waals surface area contributed by atoms with Crippen molar-refractivity contribution in [2.45, 2.75) is 13.5 Å². The van der Waals surface area contributed by atoms with Crippen LogP contribution in [0.15, 0.2) is 67.1 Å². The summed E-state index contributed by atoms with van der Waals surface area (Å²) in [6.45, 7) is 2.55.